The van der Waals surface area contributed by atoms with E-state index in [9.17, 15) is 14.7 Å². The van der Waals surface area contributed by atoms with Crippen molar-refractivity contribution in [2.75, 3.05) is 6.61 Å². The lowest BCUT2D eigenvalue weighted by molar-refractivity contribution is -0.141. The molecule has 122 valence electrons. The van der Waals surface area contributed by atoms with Gasteiger partial charge in [0.2, 0.25) is 0 Å². The molecule has 4 atom stereocenters. The van der Waals surface area contributed by atoms with E-state index in [0.29, 0.717) is 18.6 Å². The number of aliphatic hydroxyl groups excluding tert-OH is 1. The van der Waals surface area contributed by atoms with Crippen LogP contribution in [0.2, 0.25) is 0 Å². The number of esters is 2. The van der Waals surface area contributed by atoms with E-state index in [4.69, 9.17) is 9.47 Å². The van der Waals surface area contributed by atoms with Gasteiger partial charge in [0.25, 0.3) is 0 Å². The van der Waals surface area contributed by atoms with E-state index >= 15 is 0 Å². The Bertz CT molecular complexity index is 519. The van der Waals surface area contributed by atoms with Gasteiger partial charge in [0, 0.05) is 24.8 Å². The third-order valence-corrected chi connectivity index (χ3v) is 4.70. The highest BCUT2D eigenvalue weighted by molar-refractivity contribution is 5.91. The van der Waals surface area contributed by atoms with Gasteiger partial charge in [-0.1, -0.05) is 24.6 Å². The molecule has 0 aromatic carbocycles. The minimum absolute atomic E-state index is 0.0708. The first-order valence-electron chi connectivity index (χ1n) is 7.72. The zero-order chi connectivity index (χ0) is 16.4. The van der Waals surface area contributed by atoms with Crippen LogP contribution in [0.15, 0.2) is 23.3 Å². The summed E-state index contributed by atoms with van der Waals surface area (Å²) in [7, 11) is 0. The van der Waals surface area contributed by atoms with Crippen LogP contribution in [0.1, 0.15) is 40.0 Å². The van der Waals surface area contributed by atoms with Crippen LogP contribution < -0.4 is 0 Å². The van der Waals surface area contributed by atoms with Crippen molar-refractivity contribution in [1.29, 1.82) is 0 Å². The molecule has 2 rings (SSSR count). The first kappa shape index (κ1) is 16.7. The highest BCUT2D eigenvalue weighted by Crippen LogP contribution is 2.42. The summed E-state index contributed by atoms with van der Waals surface area (Å²) in [6.07, 6.45) is 1.12. The summed E-state index contributed by atoms with van der Waals surface area (Å²) >= 11 is 0. The van der Waals surface area contributed by atoms with Gasteiger partial charge in [-0.15, -0.1) is 0 Å². The van der Waals surface area contributed by atoms with Crippen molar-refractivity contribution in [1.82, 2.24) is 0 Å². The van der Waals surface area contributed by atoms with Crippen LogP contribution in [0.4, 0.5) is 0 Å². The Hall–Kier alpha value is -1.62. The van der Waals surface area contributed by atoms with Crippen molar-refractivity contribution in [3.05, 3.63) is 23.3 Å². The van der Waals surface area contributed by atoms with E-state index in [-0.39, 0.29) is 23.9 Å². The van der Waals surface area contributed by atoms with Crippen molar-refractivity contribution in [2.24, 2.45) is 11.8 Å². The standard InChI is InChI=1S/C17H24O5/c1-9-8-14-15(11(3)17(20)22-14)16(19)10(2)13(9)6-5-7-21-12(4)18/h10,14-16,19H,3,5-8H2,1-2,4H3/t10-,14+,15-,16-/m1/s1. The Morgan fingerprint density at radius 2 is 2.18 bits per heavy atom. The molecular weight excluding hydrogens is 284 g/mol. The number of fused-ring (bicyclic) bond motifs is 1. The summed E-state index contributed by atoms with van der Waals surface area (Å²) in [5.41, 5.74) is 2.68. The molecular formula is C17H24O5. The molecule has 1 heterocycles. The Labute approximate surface area is 131 Å². The molecule has 0 unspecified atom stereocenters. The molecule has 1 aliphatic carbocycles. The van der Waals surface area contributed by atoms with E-state index in [1.54, 1.807) is 0 Å². The van der Waals surface area contributed by atoms with Crippen molar-refractivity contribution < 1.29 is 24.2 Å². The summed E-state index contributed by atoms with van der Waals surface area (Å²) in [6.45, 7) is 9.53. The maximum atomic E-state index is 11.7. The monoisotopic (exact) mass is 308 g/mol. The Morgan fingerprint density at radius 1 is 1.50 bits per heavy atom. The molecule has 2 aliphatic rings. The molecule has 1 saturated heterocycles. The molecule has 5 nitrogen and oxygen atoms in total. The number of carbonyl (C=O) groups excluding carboxylic acids is 2. The molecule has 1 aliphatic heterocycles. The van der Waals surface area contributed by atoms with Crippen molar-refractivity contribution in [2.45, 2.75) is 52.2 Å². The average molecular weight is 308 g/mol. The van der Waals surface area contributed by atoms with Gasteiger partial charge in [-0.3, -0.25) is 4.79 Å². The highest BCUT2D eigenvalue weighted by Gasteiger charge is 2.46. The van der Waals surface area contributed by atoms with Crippen molar-refractivity contribution in [3.63, 3.8) is 0 Å². The summed E-state index contributed by atoms with van der Waals surface area (Å²) in [6, 6.07) is 0. The number of aliphatic hydroxyl groups is 1. The van der Waals surface area contributed by atoms with E-state index in [2.05, 4.69) is 6.58 Å². The van der Waals surface area contributed by atoms with Gasteiger partial charge in [0.05, 0.1) is 18.6 Å². The molecule has 5 heteroatoms. The molecule has 1 fully saturated rings. The zero-order valence-electron chi connectivity index (χ0n) is 13.4. The van der Waals surface area contributed by atoms with Crippen molar-refractivity contribution in [3.8, 4) is 0 Å². The fraction of sp³-hybridized carbons (Fsp3) is 0.647. The summed E-state index contributed by atoms with van der Waals surface area (Å²) in [5.74, 6) is -1.08. The molecule has 22 heavy (non-hydrogen) atoms. The fourth-order valence-electron chi connectivity index (χ4n) is 3.50. The lowest BCUT2D eigenvalue weighted by atomic mass is 9.82. The van der Waals surface area contributed by atoms with Crippen LogP contribution in [0.3, 0.4) is 0 Å². The van der Waals surface area contributed by atoms with E-state index < -0.39 is 12.1 Å². The summed E-state index contributed by atoms with van der Waals surface area (Å²) in [4.78, 5) is 22.5. The minimum Gasteiger partial charge on any atom is -0.466 e. The zero-order valence-corrected chi connectivity index (χ0v) is 13.4. The fourth-order valence-corrected chi connectivity index (χ4v) is 3.50. The molecule has 0 amide bonds. The largest absolute Gasteiger partial charge is 0.466 e. The number of carbonyl (C=O) groups is 2. The third kappa shape index (κ3) is 3.24. The van der Waals surface area contributed by atoms with Gasteiger partial charge in [0.15, 0.2) is 0 Å². The predicted molar refractivity (Wildman–Crippen MR) is 80.9 cm³/mol. The SMILES string of the molecule is C=C1C(=O)O[C@H]2CC(C)=C(CCCOC(C)=O)[C@@H](C)[C@@H](O)[C@H]12. The minimum atomic E-state index is -0.676. The van der Waals surface area contributed by atoms with Crippen molar-refractivity contribution >= 4 is 11.9 Å². The van der Waals surface area contributed by atoms with Crippen LogP contribution in [0.5, 0.6) is 0 Å². The second-order valence-corrected chi connectivity index (χ2v) is 6.23. The average Bonchev–Trinajstić information content (AvgIpc) is 2.67. The van der Waals surface area contributed by atoms with E-state index in [1.165, 1.54) is 6.92 Å². The molecule has 1 N–H and O–H groups in total. The highest BCUT2D eigenvalue weighted by atomic mass is 16.6. The molecule has 0 spiro atoms. The van der Waals surface area contributed by atoms with E-state index in [1.807, 2.05) is 13.8 Å². The van der Waals surface area contributed by atoms with Gasteiger partial charge < -0.3 is 14.6 Å². The number of hydrogen-bond acceptors (Lipinski definition) is 5. The van der Waals surface area contributed by atoms with Gasteiger partial charge >= 0.3 is 11.9 Å². The maximum Gasteiger partial charge on any atom is 0.334 e. The van der Waals surface area contributed by atoms with Crippen LogP contribution in [0.25, 0.3) is 0 Å². The number of hydrogen-bond donors (Lipinski definition) is 1. The van der Waals surface area contributed by atoms with Crippen LogP contribution in [-0.2, 0) is 19.1 Å². The summed E-state index contributed by atoms with van der Waals surface area (Å²) < 4.78 is 10.3. The van der Waals surface area contributed by atoms with E-state index in [0.717, 1.165) is 24.0 Å². The first-order chi connectivity index (χ1) is 10.3. The Morgan fingerprint density at radius 3 is 2.82 bits per heavy atom. The second kappa shape index (κ2) is 6.65. The van der Waals surface area contributed by atoms with Gasteiger partial charge in [0.1, 0.15) is 6.10 Å². The maximum absolute atomic E-state index is 11.7. The van der Waals surface area contributed by atoms with Gasteiger partial charge in [-0.2, -0.15) is 0 Å². The third-order valence-electron chi connectivity index (χ3n) is 4.70. The van der Waals surface area contributed by atoms with Crippen LogP contribution in [-0.4, -0.2) is 35.9 Å². The molecule has 0 aromatic heterocycles. The van der Waals surface area contributed by atoms with Gasteiger partial charge in [-0.25, -0.2) is 4.79 Å². The van der Waals surface area contributed by atoms with Crippen LogP contribution >= 0.6 is 0 Å². The quantitative estimate of drug-likeness (QED) is 0.373. The van der Waals surface area contributed by atoms with Crippen LogP contribution in [0, 0.1) is 11.8 Å². The normalized spacial score (nSPS) is 31.6. The first-order valence-corrected chi connectivity index (χ1v) is 7.72. The smallest absolute Gasteiger partial charge is 0.334 e. The number of rotatable bonds is 4. The Kier molecular flexibility index (Phi) is 5.06. The van der Waals surface area contributed by atoms with Gasteiger partial charge in [-0.05, 0) is 19.8 Å². The topological polar surface area (TPSA) is 72.8 Å². The molecule has 0 saturated carbocycles. The lowest BCUT2D eigenvalue weighted by Crippen LogP contribution is -2.32. The summed E-state index contributed by atoms with van der Waals surface area (Å²) in [5, 5.41) is 10.6. The molecule has 0 bridgehead atoms. The molecule has 0 radical (unpaired) electrons. The second-order valence-electron chi connectivity index (χ2n) is 6.23. The number of ether oxygens (including phenoxy) is 2. The predicted octanol–water partition coefficient (Wildman–Crippen LogP) is 2.14. The Balaban J connectivity index is 2.10. The molecule has 0 aromatic rings. The lowest BCUT2D eigenvalue weighted by Gasteiger charge is -2.26.